The van der Waals surface area contributed by atoms with Gasteiger partial charge in [0.1, 0.15) is 5.75 Å². The van der Waals surface area contributed by atoms with Crippen molar-refractivity contribution in [1.82, 2.24) is 9.88 Å². The molecule has 1 aromatic heterocycles. The lowest BCUT2D eigenvalue weighted by Crippen LogP contribution is -2.64. The molecule has 3 aliphatic heterocycles. The fourth-order valence-electron chi connectivity index (χ4n) is 5.39. The fourth-order valence-corrected chi connectivity index (χ4v) is 5.39. The summed E-state index contributed by atoms with van der Waals surface area (Å²) in [4.78, 5) is 18.2. The van der Waals surface area contributed by atoms with Gasteiger partial charge in [0, 0.05) is 48.1 Å². The number of benzene rings is 1. The summed E-state index contributed by atoms with van der Waals surface area (Å²) in [7, 11) is 0. The summed E-state index contributed by atoms with van der Waals surface area (Å²) in [5, 5.41) is 0.990. The minimum atomic E-state index is -0.254. The second kappa shape index (κ2) is 6.02. The molecule has 2 aromatic rings. The number of ether oxygens (including phenoxy) is 2. The number of H-pyrrole nitrogens is 1. The molecular formula is C21H26N2O3. The van der Waals surface area contributed by atoms with Gasteiger partial charge < -0.3 is 14.5 Å². The zero-order chi connectivity index (χ0) is 17.7. The highest BCUT2D eigenvalue weighted by molar-refractivity contribution is 6.06. The van der Waals surface area contributed by atoms with Gasteiger partial charge in [-0.05, 0) is 51.2 Å². The molecule has 0 radical (unpaired) electrons. The number of hydrogen-bond acceptors (Lipinski definition) is 4. The van der Waals surface area contributed by atoms with E-state index in [2.05, 4.69) is 16.0 Å². The van der Waals surface area contributed by atoms with E-state index < -0.39 is 0 Å². The number of carbonyl (C=O) groups excluding carboxylic acids is 1. The Morgan fingerprint density at radius 3 is 3.12 bits per heavy atom. The molecule has 1 spiro atoms. The van der Waals surface area contributed by atoms with Crippen LogP contribution in [0.2, 0.25) is 0 Å². The van der Waals surface area contributed by atoms with Gasteiger partial charge >= 0.3 is 5.97 Å². The number of esters is 1. The standard InChI is InChI=1S/C21H26N2O3/c1-2-25-20(24)16-13-22-17-7-8-18-15(19(16)17)12-14-6-5-11-23-10-4-3-9-21(14,23)26-18/h7-8,13-14,22H,2-6,9-12H2,1H3. The van der Waals surface area contributed by atoms with E-state index in [0.717, 1.165) is 42.6 Å². The Morgan fingerprint density at radius 1 is 1.35 bits per heavy atom. The third-order valence-corrected chi connectivity index (χ3v) is 6.51. The number of nitrogens with zero attached hydrogens (tertiary/aromatic N) is 1. The zero-order valence-electron chi connectivity index (χ0n) is 15.3. The van der Waals surface area contributed by atoms with Crippen LogP contribution < -0.4 is 4.74 Å². The van der Waals surface area contributed by atoms with Crippen molar-refractivity contribution in [2.75, 3.05) is 19.7 Å². The van der Waals surface area contributed by atoms with Crippen LogP contribution in [0.25, 0.3) is 10.9 Å². The Bertz CT molecular complexity index is 856. The van der Waals surface area contributed by atoms with Gasteiger partial charge in [0.2, 0.25) is 0 Å². The van der Waals surface area contributed by atoms with Crippen LogP contribution in [0.3, 0.4) is 0 Å². The van der Waals surface area contributed by atoms with Crippen LogP contribution in [-0.2, 0) is 11.2 Å². The SMILES string of the molecule is CCOC(=O)c1c[nH]c2ccc3c(c12)CC1CCCN2CCCCC12O3. The molecule has 4 heterocycles. The van der Waals surface area contributed by atoms with Crippen molar-refractivity contribution in [3.8, 4) is 5.75 Å². The molecule has 0 aliphatic carbocycles. The molecular weight excluding hydrogens is 328 g/mol. The monoisotopic (exact) mass is 354 g/mol. The van der Waals surface area contributed by atoms with Crippen LogP contribution in [0, 0.1) is 5.92 Å². The molecule has 2 atom stereocenters. The highest BCUT2D eigenvalue weighted by Crippen LogP contribution is 2.49. The highest BCUT2D eigenvalue weighted by atomic mass is 16.5. The summed E-state index contributed by atoms with van der Waals surface area (Å²) in [6, 6.07) is 4.11. The first-order valence-corrected chi connectivity index (χ1v) is 9.97. The van der Waals surface area contributed by atoms with Crippen LogP contribution in [0.15, 0.2) is 18.3 Å². The molecule has 2 saturated heterocycles. The predicted octanol–water partition coefficient (Wildman–Crippen LogP) is 3.87. The lowest BCUT2D eigenvalue weighted by atomic mass is 9.74. The van der Waals surface area contributed by atoms with Crippen LogP contribution >= 0.6 is 0 Å². The van der Waals surface area contributed by atoms with E-state index >= 15 is 0 Å². The molecule has 0 amide bonds. The van der Waals surface area contributed by atoms with E-state index in [1.807, 2.05) is 13.0 Å². The van der Waals surface area contributed by atoms with Crippen LogP contribution in [0.4, 0.5) is 0 Å². The summed E-state index contributed by atoms with van der Waals surface area (Å²) in [6.45, 7) is 4.52. The molecule has 2 unspecified atom stereocenters. The van der Waals surface area contributed by atoms with Crippen molar-refractivity contribution in [3.05, 3.63) is 29.5 Å². The second-order valence-corrected chi connectivity index (χ2v) is 7.82. The first kappa shape index (κ1) is 16.2. The lowest BCUT2D eigenvalue weighted by Gasteiger charge is -2.56. The van der Waals surface area contributed by atoms with Crippen molar-refractivity contribution in [2.45, 2.75) is 51.2 Å². The van der Waals surface area contributed by atoms with E-state index in [-0.39, 0.29) is 11.7 Å². The van der Waals surface area contributed by atoms with Gasteiger partial charge in [0.15, 0.2) is 5.72 Å². The molecule has 0 saturated carbocycles. The quantitative estimate of drug-likeness (QED) is 0.832. The van der Waals surface area contributed by atoms with E-state index in [0.29, 0.717) is 18.1 Å². The predicted molar refractivity (Wildman–Crippen MR) is 99.5 cm³/mol. The summed E-state index contributed by atoms with van der Waals surface area (Å²) in [5.74, 6) is 1.20. The Kier molecular flexibility index (Phi) is 3.74. The number of hydrogen-bond donors (Lipinski definition) is 1. The van der Waals surface area contributed by atoms with Gasteiger partial charge in [-0.1, -0.05) is 0 Å². The van der Waals surface area contributed by atoms with Crippen molar-refractivity contribution in [3.63, 3.8) is 0 Å². The topological polar surface area (TPSA) is 54.6 Å². The molecule has 138 valence electrons. The van der Waals surface area contributed by atoms with Crippen molar-refractivity contribution < 1.29 is 14.3 Å². The van der Waals surface area contributed by atoms with Gasteiger partial charge in [-0.25, -0.2) is 4.79 Å². The lowest BCUT2D eigenvalue weighted by molar-refractivity contribution is -0.177. The molecule has 1 N–H and O–H groups in total. The van der Waals surface area contributed by atoms with Gasteiger partial charge in [0.25, 0.3) is 0 Å². The van der Waals surface area contributed by atoms with Gasteiger partial charge in [-0.2, -0.15) is 0 Å². The van der Waals surface area contributed by atoms with Crippen molar-refractivity contribution in [2.24, 2.45) is 5.92 Å². The van der Waals surface area contributed by atoms with E-state index in [4.69, 9.17) is 9.47 Å². The Balaban J connectivity index is 1.62. The maximum absolute atomic E-state index is 12.4. The van der Waals surface area contributed by atoms with Crippen molar-refractivity contribution >= 4 is 16.9 Å². The van der Waals surface area contributed by atoms with Crippen LogP contribution in [-0.4, -0.2) is 41.3 Å². The van der Waals surface area contributed by atoms with E-state index in [1.54, 1.807) is 6.20 Å². The molecule has 26 heavy (non-hydrogen) atoms. The molecule has 5 nitrogen and oxygen atoms in total. The Morgan fingerprint density at radius 2 is 2.23 bits per heavy atom. The molecule has 5 heteroatoms. The molecule has 3 aliphatic rings. The number of nitrogens with one attached hydrogen (secondary N) is 1. The molecule has 1 aromatic carbocycles. The van der Waals surface area contributed by atoms with Gasteiger partial charge in [0.05, 0.1) is 12.2 Å². The Hall–Kier alpha value is -2.01. The summed E-state index contributed by atoms with van der Waals surface area (Å²) in [5.41, 5.74) is 2.67. The largest absolute Gasteiger partial charge is 0.472 e. The first-order chi connectivity index (χ1) is 12.7. The number of fused-ring (bicyclic) bond motifs is 3. The number of aromatic amines is 1. The number of piperidine rings is 2. The average Bonchev–Trinajstić information content (AvgIpc) is 3.09. The minimum Gasteiger partial charge on any atom is -0.472 e. The number of carbonyl (C=O) groups is 1. The van der Waals surface area contributed by atoms with Crippen molar-refractivity contribution in [1.29, 1.82) is 0 Å². The smallest absolute Gasteiger partial charge is 0.340 e. The van der Waals surface area contributed by atoms with Gasteiger partial charge in [-0.3, -0.25) is 4.90 Å². The minimum absolute atomic E-state index is 0.127. The number of aromatic nitrogens is 1. The maximum Gasteiger partial charge on any atom is 0.340 e. The third-order valence-electron chi connectivity index (χ3n) is 6.51. The Labute approximate surface area is 153 Å². The maximum atomic E-state index is 12.4. The van der Waals surface area contributed by atoms with Crippen LogP contribution in [0.5, 0.6) is 5.75 Å². The van der Waals surface area contributed by atoms with Gasteiger partial charge in [-0.15, -0.1) is 0 Å². The summed E-state index contributed by atoms with van der Waals surface area (Å²) in [6.07, 6.45) is 8.82. The molecule has 2 fully saturated rings. The fraction of sp³-hybridized carbons (Fsp3) is 0.571. The first-order valence-electron chi connectivity index (χ1n) is 9.97. The van der Waals surface area contributed by atoms with Crippen LogP contribution in [0.1, 0.15) is 54.9 Å². The van der Waals surface area contributed by atoms with E-state index in [9.17, 15) is 4.79 Å². The normalized spacial score (nSPS) is 28.0. The molecule has 0 bridgehead atoms. The zero-order valence-corrected chi connectivity index (χ0v) is 15.3. The third kappa shape index (κ3) is 2.22. The van der Waals surface area contributed by atoms with E-state index in [1.165, 1.54) is 31.2 Å². The summed E-state index contributed by atoms with van der Waals surface area (Å²) >= 11 is 0. The number of rotatable bonds is 2. The highest BCUT2D eigenvalue weighted by Gasteiger charge is 2.52. The second-order valence-electron chi connectivity index (χ2n) is 7.82. The molecule has 5 rings (SSSR count). The average molecular weight is 354 g/mol. The summed E-state index contributed by atoms with van der Waals surface area (Å²) < 4.78 is 12.0.